The van der Waals surface area contributed by atoms with Gasteiger partial charge in [0.15, 0.2) is 19.7 Å². The standard InChI is InChI=1S/C20H22O4S.C17H19NO3S/c1-15(21)2-3-16-6-8-18(9-7-16)24-19-10-12-20(13-11-19)25(22,23)14-17-4-5-17;18-11-13-3-5-15(6-4-13)21-16-7-9-17(10-8-16)22(19,20)12-14-1-2-14/h6-13,17H,2-5,14H2,1H3;3-10,14H,1-2,11-12,18H2. The first-order valence-electron chi connectivity index (χ1n) is 15.9. The van der Waals surface area contributed by atoms with Gasteiger partial charge in [-0.25, -0.2) is 16.8 Å². The lowest BCUT2D eigenvalue weighted by molar-refractivity contribution is -0.116. The second-order valence-electron chi connectivity index (χ2n) is 12.3. The molecule has 248 valence electrons. The third kappa shape index (κ3) is 10.8. The van der Waals surface area contributed by atoms with Crippen LogP contribution in [0.5, 0.6) is 23.0 Å². The summed E-state index contributed by atoms with van der Waals surface area (Å²) in [5, 5.41) is 0. The molecule has 47 heavy (non-hydrogen) atoms. The van der Waals surface area contributed by atoms with Crippen LogP contribution >= 0.6 is 0 Å². The summed E-state index contributed by atoms with van der Waals surface area (Å²) in [6, 6.07) is 28.3. The smallest absolute Gasteiger partial charge is 0.178 e. The highest BCUT2D eigenvalue weighted by Crippen LogP contribution is 2.34. The Morgan fingerprint density at radius 1 is 0.596 bits per heavy atom. The molecular formula is C37H41NO7S2. The van der Waals surface area contributed by atoms with E-state index in [1.165, 1.54) is 0 Å². The fraction of sp³-hybridized carbons (Fsp3) is 0.324. The van der Waals surface area contributed by atoms with Gasteiger partial charge in [0, 0.05) is 13.0 Å². The van der Waals surface area contributed by atoms with E-state index in [0.717, 1.165) is 43.2 Å². The largest absolute Gasteiger partial charge is 0.457 e. The van der Waals surface area contributed by atoms with Crippen molar-refractivity contribution in [1.82, 2.24) is 0 Å². The van der Waals surface area contributed by atoms with E-state index in [9.17, 15) is 21.6 Å². The number of nitrogens with two attached hydrogens (primary N) is 1. The maximum Gasteiger partial charge on any atom is 0.178 e. The van der Waals surface area contributed by atoms with Gasteiger partial charge in [-0.2, -0.15) is 0 Å². The Morgan fingerprint density at radius 3 is 1.26 bits per heavy atom. The summed E-state index contributed by atoms with van der Waals surface area (Å²) in [5.41, 5.74) is 7.67. The van der Waals surface area contributed by atoms with Gasteiger partial charge in [-0.1, -0.05) is 24.3 Å². The Morgan fingerprint density at radius 2 is 0.936 bits per heavy atom. The molecule has 0 amide bonds. The SMILES string of the molecule is CC(=O)CCc1ccc(Oc2ccc(S(=O)(=O)CC3CC3)cc2)cc1.NCc1ccc(Oc2ccc(S(=O)(=O)CC3CC3)cc2)cc1. The Kier molecular flexibility index (Phi) is 11.2. The highest BCUT2D eigenvalue weighted by atomic mass is 32.2. The molecular weight excluding hydrogens is 635 g/mol. The molecule has 10 heteroatoms. The summed E-state index contributed by atoms with van der Waals surface area (Å²) in [6.45, 7) is 2.08. The molecule has 0 radical (unpaired) electrons. The van der Waals surface area contributed by atoms with Gasteiger partial charge in [0.2, 0.25) is 0 Å². The molecule has 0 unspecified atom stereocenters. The first-order valence-corrected chi connectivity index (χ1v) is 19.2. The number of sulfone groups is 2. The van der Waals surface area contributed by atoms with Crippen molar-refractivity contribution in [2.45, 2.75) is 61.8 Å². The zero-order valence-electron chi connectivity index (χ0n) is 26.5. The summed E-state index contributed by atoms with van der Waals surface area (Å²) in [4.78, 5) is 11.7. The van der Waals surface area contributed by atoms with Crippen LogP contribution in [0.25, 0.3) is 0 Å². The maximum atomic E-state index is 12.2. The zero-order valence-corrected chi connectivity index (χ0v) is 28.1. The molecule has 0 saturated heterocycles. The van der Waals surface area contributed by atoms with E-state index in [2.05, 4.69) is 0 Å². The van der Waals surface area contributed by atoms with Crippen LogP contribution in [0.3, 0.4) is 0 Å². The minimum atomic E-state index is -3.19. The van der Waals surface area contributed by atoms with Crippen molar-refractivity contribution in [2.24, 2.45) is 17.6 Å². The molecule has 0 aromatic heterocycles. The molecule has 6 rings (SSSR count). The van der Waals surface area contributed by atoms with E-state index in [0.29, 0.717) is 57.6 Å². The molecule has 8 nitrogen and oxygen atoms in total. The van der Waals surface area contributed by atoms with Crippen molar-refractivity contribution in [1.29, 1.82) is 0 Å². The molecule has 0 aliphatic heterocycles. The topological polar surface area (TPSA) is 130 Å². The van der Waals surface area contributed by atoms with Crippen LogP contribution < -0.4 is 15.2 Å². The molecule has 2 aliphatic carbocycles. The first-order chi connectivity index (χ1) is 22.5. The van der Waals surface area contributed by atoms with Crippen molar-refractivity contribution < 1.29 is 31.1 Å². The first kappa shape index (κ1) is 34.3. The predicted octanol–water partition coefficient (Wildman–Crippen LogP) is 7.31. The van der Waals surface area contributed by atoms with Crippen LogP contribution in [0, 0.1) is 11.8 Å². The minimum Gasteiger partial charge on any atom is -0.457 e. The third-order valence-electron chi connectivity index (χ3n) is 7.99. The van der Waals surface area contributed by atoms with Crippen molar-refractivity contribution in [2.75, 3.05) is 11.5 Å². The lowest BCUT2D eigenvalue weighted by atomic mass is 10.1. The van der Waals surface area contributed by atoms with E-state index >= 15 is 0 Å². The highest BCUT2D eigenvalue weighted by molar-refractivity contribution is 7.91. The number of carbonyl (C=O) groups is 1. The van der Waals surface area contributed by atoms with Crippen molar-refractivity contribution >= 4 is 25.5 Å². The van der Waals surface area contributed by atoms with Crippen LogP contribution in [0.1, 0.15) is 50.2 Å². The number of hydrogen-bond acceptors (Lipinski definition) is 8. The molecule has 2 saturated carbocycles. The summed E-state index contributed by atoms with van der Waals surface area (Å²) in [6.07, 6.45) is 5.35. The number of rotatable bonds is 14. The van der Waals surface area contributed by atoms with Gasteiger partial charge >= 0.3 is 0 Å². The highest BCUT2D eigenvalue weighted by Gasteiger charge is 2.29. The quantitative estimate of drug-likeness (QED) is 0.147. The Bertz CT molecular complexity index is 1850. The third-order valence-corrected chi connectivity index (χ3v) is 11.8. The summed E-state index contributed by atoms with van der Waals surface area (Å²) >= 11 is 0. The molecule has 0 heterocycles. The number of benzene rings is 4. The Labute approximate surface area is 277 Å². The molecule has 0 bridgehead atoms. The van der Waals surface area contributed by atoms with Crippen LogP contribution in [0.2, 0.25) is 0 Å². The lowest BCUT2D eigenvalue weighted by Crippen LogP contribution is -2.08. The predicted molar refractivity (Wildman–Crippen MR) is 182 cm³/mol. The van der Waals surface area contributed by atoms with E-state index in [1.54, 1.807) is 55.5 Å². The average molecular weight is 676 g/mol. The normalized spacial score (nSPS) is 14.5. The average Bonchev–Trinajstić information content (AvgIpc) is 4.00. The Hall–Kier alpha value is -3.99. The van der Waals surface area contributed by atoms with Gasteiger partial charge in [0.05, 0.1) is 21.3 Å². The molecule has 2 N–H and O–H groups in total. The van der Waals surface area contributed by atoms with Gasteiger partial charge in [0.25, 0.3) is 0 Å². The van der Waals surface area contributed by atoms with Gasteiger partial charge < -0.3 is 20.0 Å². The second kappa shape index (κ2) is 15.3. The van der Waals surface area contributed by atoms with E-state index in [1.807, 2.05) is 48.5 Å². The summed E-state index contributed by atoms with van der Waals surface area (Å²) < 4.78 is 60.3. The monoisotopic (exact) mass is 675 g/mol. The number of aryl methyl sites for hydroxylation is 1. The van der Waals surface area contributed by atoms with Crippen LogP contribution in [-0.4, -0.2) is 34.1 Å². The van der Waals surface area contributed by atoms with Gasteiger partial charge in [-0.3, -0.25) is 0 Å². The van der Waals surface area contributed by atoms with Crippen molar-refractivity contribution in [3.63, 3.8) is 0 Å². The fourth-order valence-electron chi connectivity index (χ4n) is 4.82. The molecule has 0 spiro atoms. The number of carbonyl (C=O) groups excluding carboxylic acids is 1. The van der Waals surface area contributed by atoms with Gasteiger partial charge in [-0.15, -0.1) is 0 Å². The van der Waals surface area contributed by atoms with Crippen molar-refractivity contribution in [3.05, 3.63) is 108 Å². The van der Waals surface area contributed by atoms with Crippen LogP contribution in [0.4, 0.5) is 0 Å². The van der Waals surface area contributed by atoms with E-state index in [-0.39, 0.29) is 17.3 Å². The van der Waals surface area contributed by atoms with Gasteiger partial charge in [-0.05, 0) is 135 Å². The maximum absolute atomic E-state index is 12.2. The number of Topliss-reactive ketones (excluding diaryl/α,β-unsaturated/α-hetero) is 1. The van der Waals surface area contributed by atoms with E-state index in [4.69, 9.17) is 15.2 Å². The number of hydrogen-bond donors (Lipinski definition) is 1. The summed E-state index contributed by atoms with van der Waals surface area (Å²) in [7, 11) is -6.35. The van der Waals surface area contributed by atoms with E-state index < -0.39 is 19.7 Å². The second-order valence-corrected chi connectivity index (χ2v) is 16.4. The molecule has 2 aliphatic rings. The molecule has 2 fully saturated rings. The molecule has 0 atom stereocenters. The van der Waals surface area contributed by atoms with Crippen molar-refractivity contribution in [3.8, 4) is 23.0 Å². The van der Waals surface area contributed by atoms with Crippen LogP contribution in [0.15, 0.2) is 107 Å². The lowest BCUT2D eigenvalue weighted by Gasteiger charge is -2.08. The fourth-order valence-corrected chi connectivity index (χ4v) is 8.22. The minimum absolute atomic E-state index is 0.178. The molecule has 4 aromatic carbocycles. The van der Waals surface area contributed by atoms with Gasteiger partial charge in [0.1, 0.15) is 28.8 Å². The summed E-state index contributed by atoms with van der Waals surface area (Å²) in [5.74, 6) is 3.96. The van der Waals surface area contributed by atoms with Crippen LogP contribution in [-0.2, 0) is 37.4 Å². The zero-order chi connectivity index (χ0) is 33.4. The Balaban J connectivity index is 0.000000186. The number of ether oxygens (including phenoxy) is 2. The molecule has 4 aromatic rings. The number of ketones is 1.